The van der Waals surface area contributed by atoms with E-state index < -0.39 is 0 Å². The topological polar surface area (TPSA) is 29.9 Å². The molecule has 0 unspecified atom stereocenters. The van der Waals surface area contributed by atoms with Crippen LogP contribution in [0.4, 0.5) is 5.95 Å². The van der Waals surface area contributed by atoms with Gasteiger partial charge in [0, 0.05) is 22.8 Å². The first-order valence-corrected chi connectivity index (χ1v) is 7.29. The van der Waals surface area contributed by atoms with E-state index >= 15 is 0 Å². The fraction of sp³-hybridized carbons (Fsp3) is 0.357. The Labute approximate surface area is 113 Å². The molecule has 0 bridgehead atoms. The smallest absolute Gasteiger partial charge is 0.207 e. The summed E-state index contributed by atoms with van der Waals surface area (Å²) in [4.78, 5) is 5.79. The highest BCUT2D eigenvalue weighted by Gasteiger charge is 2.08. The molecule has 96 valence electrons. The highest BCUT2D eigenvalue weighted by Crippen LogP contribution is 2.22. The quantitative estimate of drug-likeness (QED) is 0.851. The van der Waals surface area contributed by atoms with Crippen LogP contribution in [0, 0.1) is 6.92 Å². The van der Waals surface area contributed by atoms with E-state index in [4.69, 9.17) is 0 Å². The Morgan fingerprint density at radius 3 is 2.78 bits per heavy atom. The SMILES string of the molecule is CSc1cccc(-n2cc(C)nc2NC(C)C)c1. The fourth-order valence-electron chi connectivity index (χ4n) is 1.81. The van der Waals surface area contributed by atoms with E-state index in [9.17, 15) is 0 Å². The first kappa shape index (κ1) is 13.0. The number of thioether (sulfide) groups is 1. The van der Waals surface area contributed by atoms with Crippen molar-refractivity contribution in [3.63, 3.8) is 0 Å². The van der Waals surface area contributed by atoms with Gasteiger partial charge in [0.1, 0.15) is 0 Å². The maximum Gasteiger partial charge on any atom is 0.207 e. The van der Waals surface area contributed by atoms with Crippen molar-refractivity contribution in [3.05, 3.63) is 36.2 Å². The molecule has 0 aliphatic rings. The zero-order valence-corrected chi connectivity index (χ0v) is 12.1. The zero-order chi connectivity index (χ0) is 13.1. The van der Waals surface area contributed by atoms with Gasteiger partial charge in [0.2, 0.25) is 5.95 Å². The second kappa shape index (κ2) is 5.48. The van der Waals surface area contributed by atoms with Crippen LogP contribution in [0.3, 0.4) is 0 Å². The van der Waals surface area contributed by atoms with Crippen LogP contribution in [0.1, 0.15) is 19.5 Å². The molecule has 1 heterocycles. The van der Waals surface area contributed by atoms with Crippen molar-refractivity contribution in [2.45, 2.75) is 31.7 Å². The monoisotopic (exact) mass is 261 g/mol. The highest BCUT2D eigenvalue weighted by atomic mass is 32.2. The first-order valence-electron chi connectivity index (χ1n) is 6.07. The first-order chi connectivity index (χ1) is 8.60. The number of nitrogens with zero attached hydrogens (tertiary/aromatic N) is 2. The van der Waals surface area contributed by atoms with E-state index in [0.717, 1.165) is 17.3 Å². The molecule has 0 amide bonds. The number of hydrogen-bond acceptors (Lipinski definition) is 3. The third kappa shape index (κ3) is 2.88. The standard InChI is InChI=1S/C14H19N3S/c1-10(2)15-14-16-11(3)9-17(14)12-6-5-7-13(8-12)18-4/h5-10H,1-4H3,(H,15,16). The van der Waals surface area contributed by atoms with Crippen LogP contribution in [0.2, 0.25) is 0 Å². The summed E-state index contributed by atoms with van der Waals surface area (Å²) in [5.74, 6) is 0.903. The summed E-state index contributed by atoms with van der Waals surface area (Å²) in [7, 11) is 0. The van der Waals surface area contributed by atoms with E-state index in [1.807, 2.05) is 6.92 Å². The molecule has 2 aromatic rings. The van der Waals surface area contributed by atoms with Crippen LogP contribution in [0.5, 0.6) is 0 Å². The minimum atomic E-state index is 0.370. The number of hydrogen-bond donors (Lipinski definition) is 1. The maximum absolute atomic E-state index is 4.53. The molecule has 0 aliphatic carbocycles. The van der Waals surface area contributed by atoms with Gasteiger partial charge < -0.3 is 5.32 Å². The van der Waals surface area contributed by atoms with E-state index in [0.29, 0.717) is 6.04 Å². The fourth-order valence-corrected chi connectivity index (χ4v) is 2.27. The van der Waals surface area contributed by atoms with Crippen molar-refractivity contribution in [1.82, 2.24) is 9.55 Å². The van der Waals surface area contributed by atoms with Gasteiger partial charge in [-0.15, -0.1) is 11.8 Å². The molecule has 1 aromatic heterocycles. The molecule has 0 spiro atoms. The van der Waals surface area contributed by atoms with Crippen molar-refractivity contribution in [2.75, 3.05) is 11.6 Å². The molecule has 1 N–H and O–H groups in total. The average molecular weight is 261 g/mol. The zero-order valence-electron chi connectivity index (χ0n) is 11.3. The average Bonchev–Trinajstić information content (AvgIpc) is 2.69. The molecule has 18 heavy (non-hydrogen) atoms. The highest BCUT2D eigenvalue weighted by molar-refractivity contribution is 7.98. The third-order valence-electron chi connectivity index (χ3n) is 2.58. The van der Waals surface area contributed by atoms with E-state index in [1.54, 1.807) is 11.8 Å². The summed E-state index contributed by atoms with van der Waals surface area (Å²) in [5.41, 5.74) is 2.17. The Morgan fingerprint density at radius 2 is 2.11 bits per heavy atom. The lowest BCUT2D eigenvalue weighted by Crippen LogP contribution is -2.13. The Kier molecular flexibility index (Phi) is 3.97. The van der Waals surface area contributed by atoms with Gasteiger partial charge in [-0.3, -0.25) is 4.57 Å². The molecule has 0 radical (unpaired) electrons. The second-order valence-corrected chi connectivity index (χ2v) is 5.46. The van der Waals surface area contributed by atoms with Gasteiger partial charge in [-0.25, -0.2) is 4.98 Å². The second-order valence-electron chi connectivity index (χ2n) is 4.58. The third-order valence-corrected chi connectivity index (χ3v) is 3.30. The summed E-state index contributed by atoms with van der Waals surface area (Å²) in [6.07, 6.45) is 4.15. The molecule has 2 rings (SSSR count). The molecule has 0 atom stereocenters. The van der Waals surface area contributed by atoms with Crippen LogP contribution >= 0.6 is 11.8 Å². The number of benzene rings is 1. The molecule has 3 nitrogen and oxygen atoms in total. The van der Waals surface area contributed by atoms with Crippen molar-refractivity contribution < 1.29 is 0 Å². The Hall–Kier alpha value is -1.42. The van der Waals surface area contributed by atoms with Gasteiger partial charge in [0.25, 0.3) is 0 Å². The molecule has 4 heteroatoms. The summed E-state index contributed by atoms with van der Waals surface area (Å²) in [6, 6.07) is 8.85. The predicted octanol–water partition coefficient (Wildman–Crippen LogP) is 3.72. The molecule has 0 saturated carbocycles. The minimum Gasteiger partial charge on any atom is -0.353 e. The van der Waals surface area contributed by atoms with Gasteiger partial charge in [-0.05, 0) is 45.2 Å². The van der Waals surface area contributed by atoms with Crippen molar-refractivity contribution >= 4 is 17.7 Å². The lowest BCUT2D eigenvalue weighted by atomic mass is 10.3. The number of rotatable bonds is 4. The predicted molar refractivity (Wildman–Crippen MR) is 78.8 cm³/mol. The number of anilines is 1. The van der Waals surface area contributed by atoms with Crippen molar-refractivity contribution in [3.8, 4) is 5.69 Å². The van der Waals surface area contributed by atoms with Gasteiger partial charge in [0.05, 0.1) is 5.69 Å². The molecule has 0 fully saturated rings. The normalized spacial score (nSPS) is 10.9. The van der Waals surface area contributed by atoms with E-state index in [-0.39, 0.29) is 0 Å². The Morgan fingerprint density at radius 1 is 1.33 bits per heavy atom. The summed E-state index contributed by atoms with van der Waals surface area (Å²) in [6.45, 7) is 6.25. The molecule has 0 aliphatic heterocycles. The van der Waals surface area contributed by atoms with Crippen LogP contribution in [-0.4, -0.2) is 21.8 Å². The van der Waals surface area contributed by atoms with Crippen LogP contribution in [-0.2, 0) is 0 Å². The largest absolute Gasteiger partial charge is 0.353 e. The van der Waals surface area contributed by atoms with Crippen molar-refractivity contribution in [1.29, 1.82) is 0 Å². The van der Waals surface area contributed by atoms with Gasteiger partial charge in [0.15, 0.2) is 0 Å². The van der Waals surface area contributed by atoms with E-state index in [2.05, 4.69) is 65.4 Å². The summed E-state index contributed by atoms with van der Waals surface area (Å²) in [5, 5.41) is 3.38. The van der Waals surface area contributed by atoms with Gasteiger partial charge in [-0.1, -0.05) is 6.07 Å². The Balaban J connectivity index is 2.42. The van der Waals surface area contributed by atoms with Crippen LogP contribution in [0.15, 0.2) is 35.4 Å². The molecular weight excluding hydrogens is 242 g/mol. The number of aryl methyl sites for hydroxylation is 1. The number of imidazole rings is 1. The minimum absolute atomic E-state index is 0.370. The maximum atomic E-state index is 4.53. The molecule has 0 saturated heterocycles. The summed E-state index contributed by atoms with van der Waals surface area (Å²) >= 11 is 1.75. The van der Waals surface area contributed by atoms with Crippen LogP contribution in [0.25, 0.3) is 5.69 Å². The van der Waals surface area contributed by atoms with Gasteiger partial charge in [-0.2, -0.15) is 0 Å². The lowest BCUT2D eigenvalue weighted by molar-refractivity contribution is 0.863. The van der Waals surface area contributed by atoms with Crippen LogP contribution < -0.4 is 5.32 Å². The van der Waals surface area contributed by atoms with Crippen molar-refractivity contribution in [2.24, 2.45) is 0 Å². The Bertz CT molecular complexity index is 532. The number of aromatic nitrogens is 2. The van der Waals surface area contributed by atoms with E-state index in [1.165, 1.54) is 4.90 Å². The van der Waals surface area contributed by atoms with Gasteiger partial charge >= 0.3 is 0 Å². The lowest BCUT2D eigenvalue weighted by Gasteiger charge is -2.12. The summed E-state index contributed by atoms with van der Waals surface area (Å²) < 4.78 is 2.11. The molecule has 1 aromatic carbocycles. The molecular formula is C14H19N3S. The number of nitrogens with one attached hydrogen (secondary N) is 1.